The largest absolute Gasteiger partial charge is 0.497 e. The summed E-state index contributed by atoms with van der Waals surface area (Å²) in [5, 5.41) is 10.2. The maximum Gasteiger partial charge on any atom is 0.119 e. The lowest BCUT2D eigenvalue weighted by Crippen LogP contribution is -2.36. The van der Waals surface area contributed by atoms with E-state index in [1.165, 1.54) is 11.1 Å². The Hall–Kier alpha value is -1.84. The Morgan fingerprint density at radius 1 is 1.05 bits per heavy atom. The average molecular weight is 299 g/mol. The summed E-state index contributed by atoms with van der Waals surface area (Å²) in [6, 6.07) is 17.9. The van der Waals surface area contributed by atoms with Gasteiger partial charge in [0.05, 0.1) is 13.2 Å². The molecule has 0 aromatic heterocycles. The lowest BCUT2D eigenvalue weighted by atomic mass is 9.97. The van der Waals surface area contributed by atoms with Crippen LogP contribution in [0.2, 0.25) is 0 Å². The van der Waals surface area contributed by atoms with E-state index >= 15 is 0 Å². The molecule has 0 aliphatic carbocycles. The van der Waals surface area contributed by atoms with E-state index in [4.69, 9.17) is 10.5 Å². The first kappa shape index (κ1) is 16.5. The van der Waals surface area contributed by atoms with Crippen molar-refractivity contribution < 1.29 is 9.84 Å². The number of ether oxygens (including phenoxy) is 1. The van der Waals surface area contributed by atoms with E-state index in [1.807, 2.05) is 48.5 Å². The molecule has 118 valence electrons. The topological polar surface area (TPSA) is 55.5 Å². The van der Waals surface area contributed by atoms with Gasteiger partial charge in [-0.25, -0.2) is 0 Å². The van der Waals surface area contributed by atoms with Crippen LogP contribution in [0.3, 0.4) is 0 Å². The van der Waals surface area contributed by atoms with Crippen molar-refractivity contribution in [2.75, 3.05) is 7.11 Å². The standard InChI is InChI=1S/C19H25NO2/c1-22-17-11-5-9-15(13-17)10-6-12-19(21)18(20)14-16-7-3-2-4-8-16/h2-5,7-9,11,13,18-19,21H,6,10,12,14,20H2,1H3/t18-,19+/m0/s1. The lowest BCUT2D eigenvalue weighted by molar-refractivity contribution is 0.132. The van der Waals surface area contributed by atoms with Crippen LogP contribution < -0.4 is 10.5 Å². The molecule has 0 fully saturated rings. The maximum absolute atomic E-state index is 10.2. The minimum absolute atomic E-state index is 0.215. The normalized spacial score (nSPS) is 13.6. The Morgan fingerprint density at radius 2 is 1.77 bits per heavy atom. The SMILES string of the molecule is COc1cccc(CCC[C@@H](O)[C@@H](N)Cc2ccccc2)c1. The van der Waals surface area contributed by atoms with Crippen molar-refractivity contribution in [2.24, 2.45) is 5.73 Å². The van der Waals surface area contributed by atoms with Crippen molar-refractivity contribution in [3.05, 3.63) is 65.7 Å². The third-order valence-corrected chi connectivity index (χ3v) is 3.91. The van der Waals surface area contributed by atoms with E-state index in [2.05, 4.69) is 6.07 Å². The first-order valence-electron chi connectivity index (χ1n) is 7.79. The summed E-state index contributed by atoms with van der Waals surface area (Å²) < 4.78 is 5.22. The second-order valence-corrected chi connectivity index (χ2v) is 5.66. The molecule has 0 unspecified atom stereocenters. The lowest BCUT2D eigenvalue weighted by Gasteiger charge is -2.19. The van der Waals surface area contributed by atoms with Gasteiger partial charge in [0.2, 0.25) is 0 Å². The van der Waals surface area contributed by atoms with Crippen molar-refractivity contribution >= 4 is 0 Å². The molecule has 0 amide bonds. The Balaban J connectivity index is 1.76. The van der Waals surface area contributed by atoms with Crippen LogP contribution in [0.5, 0.6) is 5.75 Å². The van der Waals surface area contributed by atoms with Crippen LogP contribution in [0, 0.1) is 0 Å². The van der Waals surface area contributed by atoms with Gasteiger partial charge in [0, 0.05) is 6.04 Å². The molecule has 22 heavy (non-hydrogen) atoms. The van der Waals surface area contributed by atoms with E-state index in [9.17, 15) is 5.11 Å². The summed E-state index contributed by atoms with van der Waals surface area (Å²) in [5.74, 6) is 0.874. The van der Waals surface area contributed by atoms with Gasteiger partial charge >= 0.3 is 0 Å². The number of nitrogens with two attached hydrogens (primary N) is 1. The monoisotopic (exact) mass is 299 g/mol. The number of benzene rings is 2. The predicted molar refractivity (Wildman–Crippen MR) is 90.1 cm³/mol. The summed E-state index contributed by atoms with van der Waals surface area (Å²) in [7, 11) is 1.67. The summed E-state index contributed by atoms with van der Waals surface area (Å²) in [5.41, 5.74) is 8.50. The van der Waals surface area contributed by atoms with Crippen LogP contribution in [0.4, 0.5) is 0 Å². The molecule has 0 radical (unpaired) electrons. The minimum Gasteiger partial charge on any atom is -0.497 e. The smallest absolute Gasteiger partial charge is 0.119 e. The minimum atomic E-state index is -0.467. The number of aliphatic hydroxyl groups excluding tert-OH is 1. The van der Waals surface area contributed by atoms with E-state index < -0.39 is 6.10 Å². The molecule has 3 heteroatoms. The van der Waals surface area contributed by atoms with Crippen molar-refractivity contribution in [1.82, 2.24) is 0 Å². The number of methoxy groups -OCH3 is 1. The van der Waals surface area contributed by atoms with Gasteiger partial charge in [0.15, 0.2) is 0 Å². The zero-order valence-corrected chi connectivity index (χ0v) is 13.1. The van der Waals surface area contributed by atoms with Gasteiger partial charge in [-0.3, -0.25) is 0 Å². The summed E-state index contributed by atoms with van der Waals surface area (Å²) in [6.45, 7) is 0. The third kappa shape index (κ3) is 5.17. The van der Waals surface area contributed by atoms with Crippen molar-refractivity contribution in [3.8, 4) is 5.75 Å². The molecule has 0 aliphatic heterocycles. The molecule has 0 bridgehead atoms. The maximum atomic E-state index is 10.2. The first-order valence-corrected chi connectivity index (χ1v) is 7.79. The fourth-order valence-corrected chi connectivity index (χ4v) is 2.58. The number of aryl methyl sites for hydroxylation is 1. The van der Waals surface area contributed by atoms with Crippen LogP contribution in [0.1, 0.15) is 24.0 Å². The molecule has 3 nitrogen and oxygen atoms in total. The van der Waals surface area contributed by atoms with Gasteiger partial charge in [-0.15, -0.1) is 0 Å². The Morgan fingerprint density at radius 3 is 2.50 bits per heavy atom. The highest BCUT2D eigenvalue weighted by atomic mass is 16.5. The molecule has 2 atom stereocenters. The molecular weight excluding hydrogens is 274 g/mol. The van der Waals surface area contributed by atoms with Gasteiger partial charge in [0.25, 0.3) is 0 Å². The molecule has 3 N–H and O–H groups in total. The molecule has 0 saturated carbocycles. The second-order valence-electron chi connectivity index (χ2n) is 5.66. The number of rotatable bonds is 8. The zero-order valence-electron chi connectivity index (χ0n) is 13.1. The van der Waals surface area contributed by atoms with Gasteiger partial charge in [-0.1, -0.05) is 42.5 Å². The third-order valence-electron chi connectivity index (χ3n) is 3.91. The van der Waals surface area contributed by atoms with Crippen molar-refractivity contribution in [3.63, 3.8) is 0 Å². The van der Waals surface area contributed by atoms with Gasteiger partial charge in [-0.2, -0.15) is 0 Å². The summed E-state index contributed by atoms with van der Waals surface area (Å²) in [6.07, 6.45) is 2.79. The highest BCUT2D eigenvalue weighted by molar-refractivity contribution is 5.28. The molecular formula is C19H25NO2. The zero-order chi connectivity index (χ0) is 15.8. The van der Waals surface area contributed by atoms with Crippen molar-refractivity contribution in [2.45, 2.75) is 37.8 Å². The van der Waals surface area contributed by atoms with Gasteiger partial charge < -0.3 is 15.6 Å². The van der Waals surface area contributed by atoms with Gasteiger partial charge in [0.1, 0.15) is 5.75 Å². The van der Waals surface area contributed by atoms with Crippen LogP contribution in [-0.2, 0) is 12.8 Å². The molecule has 2 aromatic carbocycles. The van der Waals surface area contributed by atoms with E-state index in [-0.39, 0.29) is 6.04 Å². The van der Waals surface area contributed by atoms with E-state index in [0.29, 0.717) is 12.8 Å². The van der Waals surface area contributed by atoms with Crippen LogP contribution >= 0.6 is 0 Å². The molecule has 0 heterocycles. The Labute approximate surface area is 132 Å². The molecule has 2 aromatic rings. The summed E-state index contributed by atoms with van der Waals surface area (Å²) >= 11 is 0. The van der Waals surface area contributed by atoms with E-state index in [0.717, 1.165) is 18.6 Å². The van der Waals surface area contributed by atoms with Gasteiger partial charge in [-0.05, 0) is 48.9 Å². The van der Waals surface area contributed by atoms with Crippen molar-refractivity contribution in [1.29, 1.82) is 0 Å². The van der Waals surface area contributed by atoms with Crippen LogP contribution in [0.25, 0.3) is 0 Å². The first-order chi connectivity index (χ1) is 10.7. The molecule has 0 saturated heterocycles. The Bertz CT molecular complexity index is 556. The Kier molecular flexibility index (Phi) is 6.44. The highest BCUT2D eigenvalue weighted by Crippen LogP contribution is 2.16. The average Bonchev–Trinajstić information content (AvgIpc) is 2.56. The molecule has 0 spiro atoms. The molecule has 2 rings (SSSR count). The van der Waals surface area contributed by atoms with E-state index in [1.54, 1.807) is 7.11 Å². The fourth-order valence-electron chi connectivity index (χ4n) is 2.58. The second kappa shape index (κ2) is 8.57. The van der Waals surface area contributed by atoms with Crippen LogP contribution in [-0.4, -0.2) is 24.4 Å². The highest BCUT2D eigenvalue weighted by Gasteiger charge is 2.14. The number of aliphatic hydroxyl groups is 1. The van der Waals surface area contributed by atoms with Crippen LogP contribution in [0.15, 0.2) is 54.6 Å². The summed E-state index contributed by atoms with van der Waals surface area (Å²) in [4.78, 5) is 0. The molecule has 0 aliphatic rings. The number of hydrogen-bond donors (Lipinski definition) is 2. The quantitative estimate of drug-likeness (QED) is 0.788. The fraction of sp³-hybridized carbons (Fsp3) is 0.368. The number of hydrogen-bond acceptors (Lipinski definition) is 3. The predicted octanol–water partition coefficient (Wildman–Crippen LogP) is 2.95.